The Kier molecular flexibility index (Phi) is 5.59. The molecule has 1 aromatic carbocycles. The summed E-state index contributed by atoms with van der Waals surface area (Å²) < 4.78 is 13.1. The molecule has 2 nitrogen and oxygen atoms in total. The second kappa shape index (κ2) is 6.72. The molecule has 0 heterocycles. The maximum Gasteiger partial charge on any atom is 0.123 e. The highest BCUT2D eigenvalue weighted by molar-refractivity contribution is 5.29. The first kappa shape index (κ1) is 14.1. The van der Waals surface area contributed by atoms with Crippen LogP contribution < -0.4 is 5.32 Å². The summed E-state index contributed by atoms with van der Waals surface area (Å²) in [5, 5.41) is 3.47. The average molecular weight is 238 g/mol. The van der Waals surface area contributed by atoms with Crippen molar-refractivity contribution < 1.29 is 4.39 Å². The molecule has 1 unspecified atom stereocenters. The van der Waals surface area contributed by atoms with Gasteiger partial charge in [0.25, 0.3) is 0 Å². The molecule has 0 fully saturated rings. The van der Waals surface area contributed by atoms with E-state index in [9.17, 15) is 4.39 Å². The Bertz CT molecular complexity index is 350. The van der Waals surface area contributed by atoms with E-state index >= 15 is 0 Å². The molecule has 0 aromatic heterocycles. The second-order valence-corrected chi connectivity index (χ2v) is 4.70. The zero-order chi connectivity index (χ0) is 12.8. The summed E-state index contributed by atoms with van der Waals surface area (Å²) in [7, 11) is 4.14. The van der Waals surface area contributed by atoms with Crippen LogP contribution in [0.15, 0.2) is 18.2 Å². The van der Waals surface area contributed by atoms with E-state index in [1.54, 1.807) is 12.1 Å². The number of rotatable bonds is 6. The van der Waals surface area contributed by atoms with E-state index in [4.69, 9.17) is 0 Å². The second-order valence-electron chi connectivity index (χ2n) is 4.70. The average Bonchev–Trinajstić information content (AvgIpc) is 2.24. The van der Waals surface area contributed by atoms with E-state index in [1.165, 1.54) is 5.56 Å². The third-order valence-corrected chi connectivity index (χ3v) is 2.92. The minimum Gasteiger partial charge on any atom is -0.310 e. The number of hydrogen-bond acceptors (Lipinski definition) is 2. The molecule has 0 aliphatic rings. The Morgan fingerprint density at radius 3 is 2.59 bits per heavy atom. The Balaban J connectivity index is 2.81. The van der Waals surface area contributed by atoms with Crippen LogP contribution in [0, 0.1) is 12.7 Å². The van der Waals surface area contributed by atoms with Gasteiger partial charge in [-0.25, -0.2) is 4.39 Å². The Labute approximate surface area is 104 Å². The summed E-state index contributed by atoms with van der Waals surface area (Å²) in [6, 6.07) is 5.36. The molecule has 3 heteroatoms. The van der Waals surface area contributed by atoms with Gasteiger partial charge in [-0.3, -0.25) is 0 Å². The Morgan fingerprint density at radius 2 is 2.06 bits per heavy atom. The summed E-state index contributed by atoms with van der Waals surface area (Å²) in [6.45, 7) is 6.02. The van der Waals surface area contributed by atoms with Gasteiger partial charge >= 0.3 is 0 Å². The smallest absolute Gasteiger partial charge is 0.123 e. The largest absolute Gasteiger partial charge is 0.310 e. The molecule has 96 valence electrons. The standard InChI is InChI=1S/C14H23FN2/c1-5-16-14(8-9-17(3)4)13-7-6-12(15)10-11(13)2/h6-7,10,14,16H,5,8-9H2,1-4H3. The van der Waals surface area contributed by atoms with E-state index in [-0.39, 0.29) is 5.82 Å². The van der Waals surface area contributed by atoms with Crippen LogP contribution in [0.5, 0.6) is 0 Å². The lowest BCUT2D eigenvalue weighted by Gasteiger charge is -2.22. The van der Waals surface area contributed by atoms with Crippen LogP contribution in [0.3, 0.4) is 0 Å². The highest BCUT2D eigenvalue weighted by atomic mass is 19.1. The molecule has 0 aliphatic carbocycles. The first-order chi connectivity index (χ1) is 8.04. The van der Waals surface area contributed by atoms with Gasteiger partial charge in [-0.2, -0.15) is 0 Å². The van der Waals surface area contributed by atoms with Crippen molar-refractivity contribution in [2.24, 2.45) is 0 Å². The molecule has 0 aliphatic heterocycles. The number of hydrogen-bond donors (Lipinski definition) is 1. The lowest BCUT2D eigenvalue weighted by atomic mass is 9.98. The molecule has 0 radical (unpaired) electrons. The topological polar surface area (TPSA) is 15.3 Å². The normalized spacial score (nSPS) is 13.1. The quantitative estimate of drug-likeness (QED) is 0.820. The maximum absolute atomic E-state index is 13.1. The predicted octanol–water partition coefficient (Wildman–Crippen LogP) is 2.74. The fourth-order valence-corrected chi connectivity index (χ4v) is 2.03. The molecule has 1 N–H and O–H groups in total. The number of nitrogens with zero attached hydrogens (tertiary/aromatic N) is 1. The van der Waals surface area contributed by atoms with E-state index in [2.05, 4.69) is 31.2 Å². The fourth-order valence-electron chi connectivity index (χ4n) is 2.03. The molecule has 0 saturated carbocycles. The molecule has 0 bridgehead atoms. The van der Waals surface area contributed by atoms with E-state index in [1.807, 2.05) is 13.0 Å². The van der Waals surface area contributed by atoms with E-state index < -0.39 is 0 Å². The Morgan fingerprint density at radius 1 is 1.35 bits per heavy atom. The first-order valence-corrected chi connectivity index (χ1v) is 6.18. The van der Waals surface area contributed by atoms with Gasteiger partial charge in [0.1, 0.15) is 5.82 Å². The van der Waals surface area contributed by atoms with Crippen molar-refractivity contribution in [1.29, 1.82) is 0 Å². The molecule has 17 heavy (non-hydrogen) atoms. The van der Waals surface area contributed by atoms with Crippen LogP contribution in [0.1, 0.15) is 30.5 Å². The third kappa shape index (κ3) is 4.44. The molecular weight excluding hydrogens is 215 g/mol. The zero-order valence-electron chi connectivity index (χ0n) is 11.3. The molecule has 1 aromatic rings. The van der Waals surface area contributed by atoms with Crippen molar-refractivity contribution in [3.8, 4) is 0 Å². The van der Waals surface area contributed by atoms with Crippen LogP contribution in [0.25, 0.3) is 0 Å². The lowest BCUT2D eigenvalue weighted by Crippen LogP contribution is -2.26. The maximum atomic E-state index is 13.1. The highest BCUT2D eigenvalue weighted by Gasteiger charge is 2.13. The summed E-state index contributed by atoms with van der Waals surface area (Å²) in [6.07, 6.45) is 1.04. The molecule has 0 spiro atoms. The minimum atomic E-state index is -0.158. The highest BCUT2D eigenvalue weighted by Crippen LogP contribution is 2.21. The van der Waals surface area contributed by atoms with Crippen molar-refractivity contribution in [2.45, 2.75) is 26.3 Å². The van der Waals surface area contributed by atoms with Crippen molar-refractivity contribution in [2.75, 3.05) is 27.2 Å². The van der Waals surface area contributed by atoms with Gasteiger partial charge in [0.2, 0.25) is 0 Å². The Hall–Kier alpha value is -0.930. The summed E-state index contributed by atoms with van der Waals surface area (Å²) in [4.78, 5) is 2.17. The summed E-state index contributed by atoms with van der Waals surface area (Å²) >= 11 is 0. The van der Waals surface area contributed by atoms with Crippen molar-refractivity contribution in [3.63, 3.8) is 0 Å². The molecule has 0 saturated heterocycles. The summed E-state index contributed by atoms with van der Waals surface area (Å²) in [5.74, 6) is -0.158. The van der Waals surface area contributed by atoms with Crippen LogP contribution in [-0.4, -0.2) is 32.1 Å². The number of nitrogens with one attached hydrogen (secondary N) is 1. The number of aryl methyl sites for hydroxylation is 1. The molecule has 1 atom stereocenters. The summed E-state index contributed by atoms with van der Waals surface area (Å²) in [5.41, 5.74) is 2.23. The van der Waals surface area contributed by atoms with Gasteiger partial charge in [-0.1, -0.05) is 13.0 Å². The number of halogens is 1. The van der Waals surface area contributed by atoms with Gasteiger partial charge in [-0.15, -0.1) is 0 Å². The lowest BCUT2D eigenvalue weighted by molar-refractivity contribution is 0.362. The SMILES string of the molecule is CCNC(CCN(C)C)c1ccc(F)cc1C. The van der Waals surface area contributed by atoms with Crippen LogP contribution in [0.4, 0.5) is 4.39 Å². The molecular formula is C14H23FN2. The van der Waals surface area contributed by atoms with Crippen LogP contribution in [0.2, 0.25) is 0 Å². The van der Waals surface area contributed by atoms with Gasteiger partial charge < -0.3 is 10.2 Å². The minimum absolute atomic E-state index is 0.158. The van der Waals surface area contributed by atoms with Crippen LogP contribution >= 0.6 is 0 Å². The van der Waals surface area contributed by atoms with Gasteiger partial charge in [0.05, 0.1) is 0 Å². The molecule has 0 amide bonds. The molecule has 1 rings (SSSR count). The zero-order valence-corrected chi connectivity index (χ0v) is 11.3. The van der Waals surface area contributed by atoms with Crippen LogP contribution in [-0.2, 0) is 0 Å². The van der Waals surface area contributed by atoms with E-state index in [0.717, 1.165) is 25.1 Å². The first-order valence-electron chi connectivity index (χ1n) is 6.18. The number of benzene rings is 1. The fraction of sp³-hybridized carbons (Fsp3) is 0.571. The van der Waals surface area contributed by atoms with Gasteiger partial charge in [0.15, 0.2) is 0 Å². The van der Waals surface area contributed by atoms with Crippen molar-refractivity contribution >= 4 is 0 Å². The van der Waals surface area contributed by atoms with Gasteiger partial charge in [-0.05, 0) is 63.8 Å². The van der Waals surface area contributed by atoms with Crippen molar-refractivity contribution in [3.05, 3.63) is 35.1 Å². The van der Waals surface area contributed by atoms with E-state index in [0.29, 0.717) is 6.04 Å². The monoisotopic (exact) mass is 238 g/mol. The third-order valence-electron chi connectivity index (χ3n) is 2.92. The predicted molar refractivity (Wildman–Crippen MR) is 70.7 cm³/mol. The van der Waals surface area contributed by atoms with Crippen molar-refractivity contribution in [1.82, 2.24) is 10.2 Å². The van der Waals surface area contributed by atoms with Gasteiger partial charge in [0, 0.05) is 6.04 Å².